The Labute approximate surface area is 112 Å². The molecule has 0 aliphatic heterocycles. The Morgan fingerprint density at radius 3 is 2.56 bits per heavy atom. The summed E-state index contributed by atoms with van der Waals surface area (Å²) >= 11 is 3.11. The van der Waals surface area contributed by atoms with Crippen molar-refractivity contribution in [2.45, 2.75) is 10.6 Å². The van der Waals surface area contributed by atoms with Gasteiger partial charge in [0.2, 0.25) is 0 Å². The Morgan fingerprint density at radius 2 is 2.00 bits per heavy atom. The van der Waals surface area contributed by atoms with Crippen molar-refractivity contribution < 1.29 is 12.8 Å². The van der Waals surface area contributed by atoms with Crippen LogP contribution in [0.1, 0.15) is 5.69 Å². The van der Waals surface area contributed by atoms with Gasteiger partial charge in [-0.3, -0.25) is 0 Å². The van der Waals surface area contributed by atoms with Crippen LogP contribution in [0.5, 0.6) is 0 Å². The molecule has 2 rings (SSSR count). The van der Waals surface area contributed by atoms with E-state index in [9.17, 15) is 12.8 Å². The summed E-state index contributed by atoms with van der Waals surface area (Å²) in [5, 5.41) is 7.78. The van der Waals surface area contributed by atoms with Crippen molar-refractivity contribution in [2.24, 2.45) is 7.05 Å². The molecule has 0 saturated carbocycles. The van der Waals surface area contributed by atoms with E-state index in [4.69, 9.17) is 0 Å². The standard InChI is InChI=1S/C10H9BrFN3O2S/c1-15-13-8(10(11)14-15)6-18(16,17)9-5-3-2-4-7(9)12/h2-5H,6H2,1H3. The summed E-state index contributed by atoms with van der Waals surface area (Å²) in [6.45, 7) is 0. The molecule has 0 N–H and O–H groups in total. The monoisotopic (exact) mass is 333 g/mol. The van der Waals surface area contributed by atoms with Gasteiger partial charge in [0, 0.05) is 7.05 Å². The van der Waals surface area contributed by atoms with E-state index in [1.807, 2.05) is 0 Å². The summed E-state index contributed by atoms with van der Waals surface area (Å²) in [7, 11) is -2.20. The highest BCUT2D eigenvalue weighted by Gasteiger charge is 2.22. The van der Waals surface area contributed by atoms with E-state index in [0.29, 0.717) is 4.60 Å². The van der Waals surface area contributed by atoms with E-state index in [0.717, 1.165) is 6.07 Å². The number of hydrogen-bond donors (Lipinski definition) is 0. The van der Waals surface area contributed by atoms with E-state index in [1.54, 1.807) is 7.05 Å². The summed E-state index contributed by atoms with van der Waals surface area (Å²) < 4.78 is 37.9. The average Bonchev–Trinajstić information content (AvgIpc) is 2.57. The first-order valence-electron chi connectivity index (χ1n) is 4.93. The lowest BCUT2D eigenvalue weighted by atomic mass is 10.3. The van der Waals surface area contributed by atoms with Crippen LogP contribution in [0.15, 0.2) is 33.8 Å². The molecule has 1 aromatic carbocycles. The highest BCUT2D eigenvalue weighted by molar-refractivity contribution is 9.10. The van der Waals surface area contributed by atoms with Gasteiger partial charge in [-0.25, -0.2) is 12.8 Å². The molecule has 18 heavy (non-hydrogen) atoms. The Morgan fingerprint density at radius 1 is 1.33 bits per heavy atom. The van der Waals surface area contributed by atoms with Gasteiger partial charge in [-0.15, -0.1) is 5.10 Å². The summed E-state index contributed by atoms with van der Waals surface area (Å²) in [4.78, 5) is 0.915. The van der Waals surface area contributed by atoms with Crippen molar-refractivity contribution in [1.29, 1.82) is 0 Å². The number of rotatable bonds is 3. The maximum absolute atomic E-state index is 13.5. The fourth-order valence-corrected chi connectivity index (χ4v) is 3.46. The zero-order chi connectivity index (χ0) is 13.3. The van der Waals surface area contributed by atoms with E-state index < -0.39 is 21.4 Å². The van der Waals surface area contributed by atoms with Crippen molar-refractivity contribution in [2.75, 3.05) is 0 Å². The molecule has 0 atom stereocenters. The van der Waals surface area contributed by atoms with Gasteiger partial charge in [-0.1, -0.05) is 12.1 Å². The predicted octanol–water partition coefficient (Wildman–Crippen LogP) is 1.69. The molecule has 96 valence electrons. The van der Waals surface area contributed by atoms with Crippen molar-refractivity contribution in [3.05, 3.63) is 40.4 Å². The van der Waals surface area contributed by atoms with Gasteiger partial charge in [-0.05, 0) is 28.1 Å². The lowest BCUT2D eigenvalue weighted by Gasteiger charge is -2.03. The lowest BCUT2D eigenvalue weighted by molar-refractivity contribution is 0.565. The van der Waals surface area contributed by atoms with Crippen LogP contribution < -0.4 is 0 Å². The second-order valence-corrected chi connectivity index (χ2v) is 6.33. The quantitative estimate of drug-likeness (QED) is 0.857. The maximum Gasteiger partial charge on any atom is 0.187 e. The fraction of sp³-hybridized carbons (Fsp3) is 0.200. The molecule has 2 aromatic rings. The summed E-state index contributed by atoms with van der Waals surface area (Å²) in [6.07, 6.45) is 0. The molecule has 0 bridgehead atoms. The number of sulfone groups is 1. The van der Waals surface area contributed by atoms with Gasteiger partial charge >= 0.3 is 0 Å². The Balaban J connectivity index is 2.39. The summed E-state index contributed by atoms with van der Waals surface area (Å²) in [5.41, 5.74) is 0.251. The van der Waals surface area contributed by atoms with E-state index in [2.05, 4.69) is 26.1 Å². The normalized spacial score (nSPS) is 11.7. The third kappa shape index (κ3) is 2.59. The molecular formula is C10H9BrFN3O2S. The third-order valence-corrected chi connectivity index (χ3v) is 4.51. The molecule has 5 nitrogen and oxygen atoms in total. The van der Waals surface area contributed by atoms with Gasteiger partial charge in [0.05, 0.1) is 0 Å². The molecule has 0 radical (unpaired) electrons. The average molecular weight is 334 g/mol. The van der Waals surface area contributed by atoms with E-state index in [-0.39, 0.29) is 10.6 Å². The van der Waals surface area contributed by atoms with Crippen molar-refractivity contribution in [1.82, 2.24) is 15.0 Å². The molecule has 0 unspecified atom stereocenters. The van der Waals surface area contributed by atoms with Gasteiger partial charge in [0.1, 0.15) is 22.2 Å². The van der Waals surface area contributed by atoms with Crippen LogP contribution in [-0.4, -0.2) is 23.4 Å². The second-order valence-electron chi connectivity index (χ2n) is 3.62. The predicted molar refractivity (Wildman–Crippen MR) is 66.0 cm³/mol. The van der Waals surface area contributed by atoms with Crippen molar-refractivity contribution in [3.8, 4) is 0 Å². The number of aryl methyl sites for hydroxylation is 1. The SMILES string of the molecule is Cn1nc(Br)c(CS(=O)(=O)c2ccccc2F)n1. The number of halogens is 2. The molecule has 0 saturated heterocycles. The minimum absolute atomic E-state index is 0.251. The third-order valence-electron chi connectivity index (χ3n) is 2.23. The van der Waals surface area contributed by atoms with Crippen LogP contribution >= 0.6 is 15.9 Å². The molecule has 8 heteroatoms. The minimum atomic E-state index is -3.77. The largest absolute Gasteiger partial charge is 0.223 e. The molecular weight excluding hydrogens is 325 g/mol. The van der Waals surface area contributed by atoms with Crippen LogP contribution in [0.2, 0.25) is 0 Å². The first kappa shape index (κ1) is 13.2. The van der Waals surface area contributed by atoms with Gasteiger partial charge < -0.3 is 0 Å². The number of nitrogens with zero attached hydrogens (tertiary/aromatic N) is 3. The zero-order valence-corrected chi connectivity index (χ0v) is 11.7. The Hall–Kier alpha value is -1.28. The number of aromatic nitrogens is 3. The molecule has 1 aromatic heterocycles. The molecule has 0 spiro atoms. The zero-order valence-electron chi connectivity index (χ0n) is 9.34. The van der Waals surface area contributed by atoms with Crippen LogP contribution in [0.25, 0.3) is 0 Å². The topological polar surface area (TPSA) is 64.8 Å². The van der Waals surface area contributed by atoms with Gasteiger partial charge in [0.25, 0.3) is 0 Å². The van der Waals surface area contributed by atoms with Crippen molar-refractivity contribution in [3.63, 3.8) is 0 Å². The van der Waals surface area contributed by atoms with Crippen molar-refractivity contribution >= 4 is 25.8 Å². The van der Waals surface area contributed by atoms with E-state index in [1.165, 1.54) is 23.0 Å². The molecule has 0 aliphatic rings. The van der Waals surface area contributed by atoms with Gasteiger partial charge in [0.15, 0.2) is 14.4 Å². The lowest BCUT2D eigenvalue weighted by Crippen LogP contribution is -2.08. The van der Waals surface area contributed by atoms with Crippen LogP contribution in [0.4, 0.5) is 4.39 Å². The molecule has 0 amide bonds. The first-order valence-corrected chi connectivity index (χ1v) is 7.37. The minimum Gasteiger partial charge on any atom is -0.223 e. The highest BCUT2D eigenvalue weighted by Crippen LogP contribution is 2.21. The Kier molecular flexibility index (Phi) is 3.49. The summed E-state index contributed by atoms with van der Waals surface area (Å²) in [6, 6.07) is 5.25. The number of hydrogen-bond acceptors (Lipinski definition) is 4. The highest BCUT2D eigenvalue weighted by atomic mass is 79.9. The first-order chi connectivity index (χ1) is 8.40. The fourth-order valence-electron chi connectivity index (χ4n) is 1.47. The Bertz CT molecular complexity index is 684. The maximum atomic E-state index is 13.5. The molecule has 1 heterocycles. The molecule has 0 fully saturated rings. The molecule has 0 aliphatic carbocycles. The van der Waals surface area contributed by atoms with E-state index >= 15 is 0 Å². The van der Waals surface area contributed by atoms with Crippen LogP contribution in [-0.2, 0) is 22.6 Å². The van der Waals surface area contributed by atoms with Crippen LogP contribution in [0.3, 0.4) is 0 Å². The number of benzene rings is 1. The smallest absolute Gasteiger partial charge is 0.187 e. The second kappa shape index (κ2) is 4.77. The van der Waals surface area contributed by atoms with Crippen LogP contribution in [0, 0.1) is 5.82 Å². The summed E-state index contributed by atoms with van der Waals surface area (Å²) in [5.74, 6) is -1.17. The van der Waals surface area contributed by atoms with Gasteiger partial charge in [-0.2, -0.15) is 9.90 Å².